The van der Waals surface area contributed by atoms with Gasteiger partial charge in [0, 0.05) is 32.7 Å². The molecular formula is C25H30N4O2. The van der Waals surface area contributed by atoms with Crippen LogP contribution in [0.25, 0.3) is 0 Å². The summed E-state index contributed by atoms with van der Waals surface area (Å²) in [5, 5.41) is 0. The highest BCUT2D eigenvalue weighted by Crippen LogP contribution is 2.21. The fourth-order valence-electron chi connectivity index (χ4n) is 4.09. The minimum atomic E-state index is 0.0634. The van der Waals surface area contributed by atoms with E-state index in [1.165, 1.54) is 5.56 Å². The van der Waals surface area contributed by atoms with E-state index in [1.54, 1.807) is 19.6 Å². The molecule has 1 aromatic heterocycles. The van der Waals surface area contributed by atoms with Gasteiger partial charge in [-0.05, 0) is 36.6 Å². The lowest BCUT2D eigenvalue weighted by atomic mass is 10.1. The third kappa shape index (κ3) is 4.97. The summed E-state index contributed by atoms with van der Waals surface area (Å²) in [6.45, 7) is 6.37. The average molecular weight is 419 g/mol. The minimum absolute atomic E-state index is 0.0634. The van der Waals surface area contributed by atoms with Crippen molar-refractivity contribution in [1.29, 1.82) is 0 Å². The molecule has 0 unspecified atom stereocenters. The lowest BCUT2D eigenvalue weighted by Crippen LogP contribution is -2.49. The van der Waals surface area contributed by atoms with Crippen LogP contribution in [0.3, 0.4) is 0 Å². The summed E-state index contributed by atoms with van der Waals surface area (Å²) in [4.78, 5) is 21.9. The first kappa shape index (κ1) is 21.1. The summed E-state index contributed by atoms with van der Waals surface area (Å²) < 4.78 is 7.20. The van der Waals surface area contributed by atoms with E-state index in [0.717, 1.165) is 50.5 Å². The fraction of sp³-hybridized carbons (Fsp3) is 0.360. The number of hydrogen-bond donors (Lipinski definition) is 0. The summed E-state index contributed by atoms with van der Waals surface area (Å²) in [5.41, 5.74) is 3.12. The van der Waals surface area contributed by atoms with E-state index in [0.29, 0.717) is 5.69 Å². The summed E-state index contributed by atoms with van der Waals surface area (Å²) in [6.07, 6.45) is 4.45. The zero-order chi connectivity index (χ0) is 21.6. The molecule has 0 aliphatic carbocycles. The van der Waals surface area contributed by atoms with E-state index in [9.17, 15) is 4.79 Å². The van der Waals surface area contributed by atoms with Gasteiger partial charge in [0.25, 0.3) is 5.91 Å². The van der Waals surface area contributed by atoms with E-state index >= 15 is 0 Å². The van der Waals surface area contributed by atoms with Gasteiger partial charge in [0.05, 0.1) is 25.7 Å². The second-order valence-electron chi connectivity index (χ2n) is 8.00. The number of ether oxygens (including phenoxy) is 1. The summed E-state index contributed by atoms with van der Waals surface area (Å²) in [5.74, 6) is 0.951. The number of rotatable bonds is 7. The third-order valence-corrected chi connectivity index (χ3v) is 6.12. The van der Waals surface area contributed by atoms with Gasteiger partial charge in [0.15, 0.2) is 0 Å². The maximum atomic E-state index is 13.2. The van der Waals surface area contributed by atoms with Crippen molar-refractivity contribution in [2.45, 2.75) is 19.4 Å². The molecule has 31 heavy (non-hydrogen) atoms. The van der Waals surface area contributed by atoms with Crippen molar-refractivity contribution >= 4 is 5.91 Å². The maximum Gasteiger partial charge on any atom is 0.272 e. The molecule has 4 rings (SSSR count). The van der Waals surface area contributed by atoms with Crippen LogP contribution in [0.2, 0.25) is 0 Å². The average Bonchev–Trinajstić information content (AvgIpc) is 3.33. The van der Waals surface area contributed by atoms with Gasteiger partial charge in [-0.3, -0.25) is 9.69 Å². The predicted molar refractivity (Wildman–Crippen MR) is 122 cm³/mol. The number of aromatic nitrogens is 2. The lowest BCUT2D eigenvalue weighted by molar-refractivity contribution is 0.0627. The minimum Gasteiger partial charge on any atom is -0.497 e. The molecular weight excluding hydrogens is 388 g/mol. The molecule has 0 spiro atoms. The Morgan fingerprint density at radius 1 is 1.03 bits per heavy atom. The van der Waals surface area contributed by atoms with Crippen LogP contribution >= 0.6 is 0 Å². The fourth-order valence-corrected chi connectivity index (χ4v) is 4.09. The normalized spacial score (nSPS) is 15.6. The van der Waals surface area contributed by atoms with Crippen molar-refractivity contribution in [3.63, 3.8) is 0 Å². The highest BCUT2D eigenvalue weighted by molar-refractivity contribution is 5.92. The van der Waals surface area contributed by atoms with Crippen LogP contribution in [0.15, 0.2) is 67.1 Å². The van der Waals surface area contributed by atoms with Gasteiger partial charge in [-0.15, -0.1) is 0 Å². The summed E-state index contributed by atoms with van der Waals surface area (Å²) >= 11 is 0. The van der Waals surface area contributed by atoms with Gasteiger partial charge < -0.3 is 14.2 Å². The molecule has 0 bridgehead atoms. The monoisotopic (exact) mass is 418 g/mol. The van der Waals surface area contributed by atoms with Crippen LogP contribution in [0.5, 0.6) is 5.75 Å². The molecule has 3 aromatic rings. The zero-order valence-electron chi connectivity index (χ0n) is 18.3. The Labute approximate surface area is 184 Å². The maximum absolute atomic E-state index is 13.2. The highest BCUT2D eigenvalue weighted by atomic mass is 16.5. The first-order valence-electron chi connectivity index (χ1n) is 10.9. The van der Waals surface area contributed by atoms with Crippen molar-refractivity contribution in [2.75, 3.05) is 39.8 Å². The van der Waals surface area contributed by atoms with Gasteiger partial charge >= 0.3 is 0 Å². The Morgan fingerprint density at radius 3 is 2.42 bits per heavy atom. The van der Waals surface area contributed by atoms with Crippen molar-refractivity contribution in [2.24, 2.45) is 0 Å². The molecule has 162 valence electrons. The van der Waals surface area contributed by atoms with Gasteiger partial charge in [-0.2, -0.15) is 0 Å². The van der Waals surface area contributed by atoms with Gasteiger partial charge in [0.2, 0.25) is 0 Å². The van der Waals surface area contributed by atoms with E-state index < -0.39 is 0 Å². The number of carbonyl (C=O) groups is 1. The number of methoxy groups -OCH3 is 1. The van der Waals surface area contributed by atoms with E-state index in [4.69, 9.17) is 4.74 Å². The van der Waals surface area contributed by atoms with Crippen LogP contribution in [0, 0.1) is 0 Å². The largest absolute Gasteiger partial charge is 0.497 e. The van der Waals surface area contributed by atoms with Crippen molar-refractivity contribution in [1.82, 2.24) is 19.4 Å². The quantitative estimate of drug-likeness (QED) is 0.589. The van der Waals surface area contributed by atoms with Crippen molar-refractivity contribution in [3.8, 4) is 5.75 Å². The van der Waals surface area contributed by atoms with Crippen molar-refractivity contribution < 1.29 is 9.53 Å². The van der Waals surface area contributed by atoms with Crippen LogP contribution in [0.1, 0.15) is 34.6 Å². The number of benzene rings is 2. The molecule has 1 aliphatic heterocycles. The summed E-state index contributed by atoms with van der Waals surface area (Å²) in [7, 11) is 1.69. The Hall–Kier alpha value is -3.12. The highest BCUT2D eigenvalue weighted by Gasteiger charge is 2.25. The zero-order valence-corrected chi connectivity index (χ0v) is 18.3. The van der Waals surface area contributed by atoms with E-state index in [2.05, 4.69) is 41.1 Å². The molecule has 2 aromatic carbocycles. The van der Waals surface area contributed by atoms with E-state index in [1.807, 2.05) is 39.8 Å². The van der Waals surface area contributed by atoms with E-state index in [-0.39, 0.29) is 11.9 Å². The molecule has 1 atom stereocenters. The van der Waals surface area contributed by atoms with Gasteiger partial charge in [-0.25, -0.2) is 4.98 Å². The second kappa shape index (κ2) is 9.79. The number of imidazole rings is 1. The third-order valence-electron chi connectivity index (χ3n) is 6.12. The standard InChI is InChI=1S/C25H30N4O2/c1-20(22-6-4-3-5-7-22)29-19-26-18-24(29)25(30)28-16-14-27(15-17-28)13-12-21-8-10-23(31-2)11-9-21/h3-11,18-20H,12-17H2,1-2H3/t20-/m1/s1. The first-order chi connectivity index (χ1) is 15.2. The number of nitrogens with zero attached hydrogens (tertiary/aromatic N) is 4. The second-order valence-corrected chi connectivity index (χ2v) is 8.00. The Morgan fingerprint density at radius 2 is 1.74 bits per heavy atom. The number of carbonyl (C=O) groups excluding carboxylic acids is 1. The Kier molecular flexibility index (Phi) is 6.67. The molecule has 1 amide bonds. The van der Waals surface area contributed by atoms with Crippen LogP contribution in [0.4, 0.5) is 0 Å². The number of piperazine rings is 1. The van der Waals surface area contributed by atoms with Crippen LogP contribution in [-0.2, 0) is 6.42 Å². The van der Waals surface area contributed by atoms with Gasteiger partial charge in [0.1, 0.15) is 11.4 Å². The predicted octanol–water partition coefficient (Wildman–Crippen LogP) is 3.50. The Bertz CT molecular complexity index is 976. The molecule has 1 aliphatic rings. The SMILES string of the molecule is COc1ccc(CCN2CCN(C(=O)c3cncn3[C@H](C)c3ccccc3)CC2)cc1. The molecule has 0 radical (unpaired) electrons. The molecule has 6 nitrogen and oxygen atoms in total. The first-order valence-corrected chi connectivity index (χ1v) is 10.9. The molecule has 6 heteroatoms. The smallest absolute Gasteiger partial charge is 0.272 e. The molecule has 1 fully saturated rings. The lowest BCUT2D eigenvalue weighted by Gasteiger charge is -2.35. The molecule has 0 saturated carbocycles. The van der Waals surface area contributed by atoms with Crippen LogP contribution < -0.4 is 4.74 Å². The summed E-state index contributed by atoms with van der Waals surface area (Å²) in [6, 6.07) is 18.5. The molecule has 0 N–H and O–H groups in total. The molecule has 1 saturated heterocycles. The molecule has 2 heterocycles. The topological polar surface area (TPSA) is 50.6 Å². The van der Waals surface area contributed by atoms with Gasteiger partial charge in [-0.1, -0.05) is 42.5 Å². The number of amides is 1. The number of hydrogen-bond acceptors (Lipinski definition) is 4. The Balaban J connectivity index is 1.32. The van der Waals surface area contributed by atoms with Crippen molar-refractivity contribution in [3.05, 3.63) is 83.9 Å². The van der Waals surface area contributed by atoms with Crippen LogP contribution in [-0.4, -0.2) is 65.1 Å².